The lowest BCUT2D eigenvalue weighted by Crippen LogP contribution is -2.09. The minimum absolute atomic E-state index is 0.00818. The van der Waals surface area contributed by atoms with Crippen molar-refractivity contribution in [1.82, 2.24) is 4.98 Å². The van der Waals surface area contributed by atoms with Crippen LogP contribution in [0.15, 0.2) is 48.7 Å². The number of aromatic nitrogens is 1. The highest BCUT2D eigenvalue weighted by Gasteiger charge is 2.07. The van der Waals surface area contributed by atoms with Gasteiger partial charge in [-0.05, 0) is 24.3 Å². The predicted octanol–water partition coefficient (Wildman–Crippen LogP) is 3.99. The lowest BCUT2D eigenvalue weighted by molar-refractivity contribution is -0.111. The second-order valence-corrected chi connectivity index (χ2v) is 4.54. The van der Waals surface area contributed by atoms with Crippen molar-refractivity contribution in [2.24, 2.45) is 0 Å². The molecule has 0 saturated carbocycles. The molecule has 7 heteroatoms. The van der Waals surface area contributed by atoms with Crippen LogP contribution in [0, 0.1) is 0 Å². The second-order valence-electron chi connectivity index (χ2n) is 4.10. The highest BCUT2D eigenvalue weighted by atomic mass is 35.5. The number of carbonyl (C=O) groups excluding carboxylic acids is 1. The molecule has 0 saturated heterocycles. The quantitative estimate of drug-likeness (QED) is 0.846. The van der Waals surface area contributed by atoms with Gasteiger partial charge in [-0.2, -0.15) is 8.78 Å². The molecule has 0 aliphatic carbocycles. The van der Waals surface area contributed by atoms with Gasteiger partial charge >= 0.3 is 6.61 Å². The van der Waals surface area contributed by atoms with Crippen molar-refractivity contribution in [2.75, 3.05) is 5.32 Å². The summed E-state index contributed by atoms with van der Waals surface area (Å²) in [4.78, 5) is 15.7. The topological polar surface area (TPSA) is 51.2 Å². The number of hydrogen-bond donors (Lipinski definition) is 1. The van der Waals surface area contributed by atoms with Crippen molar-refractivity contribution in [2.45, 2.75) is 6.61 Å². The molecular weight excluding hydrogens is 314 g/mol. The van der Waals surface area contributed by atoms with E-state index in [0.29, 0.717) is 16.4 Å². The van der Waals surface area contributed by atoms with E-state index in [9.17, 15) is 13.6 Å². The number of para-hydroxylation sites is 1. The highest BCUT2D eigenvalue weighted by molar-refractivity contribution is 6.30. The smallest absolute Gasteiger partial charge is 0.387 e. The van der Waals surface area contributed by atoms with Crippen LogP contribution in [0.2, 0.25) is 5.02 Å². The van der Waals surface area contributed by atoms with Crippen molar-refractivity contribution in [3.05, 3.63) is 59.3 Å². The minimum Gasteiger partial charge on any atom is -0.434 e. The first kappa shape index (κ1) is 15.9. The molecular formula is C15H11ClF2N2O2. The number of pyridine rings is 1. The normalized spacial score (nSPS) is 10.9. The van der Waals surface area contributed by atoms with Crippen molar-refractivity contribution in [3.63, 3.8) is 0 Å². The molecule has 0 aliphatic rings. The number of nitrogens with zero attached hydrogens (tertiary/aromatic N) is 1. The Morgan fingerprint density at radius 1 is 1.27 bits per heavy atom. The molecule has 22 heavy (non-hydrogen) atoms. The number of amides is 1. The molecule has 2 aromatic rings. The molecule has 114 valence electrons. The van der Waals surface area contributed by atoms with Gasteiger partial charge in [0, 0.05) is 17.8 Å². The lowest BCUT2D eigenvalue weighted by Gasteiger charge is -2.07. The van der Waals surface area contributed by atoms with Crippen LogP contribution in [0.25, 0.3) is 6.08 Å². The van der Waals surface area contributed by atoms with Crippen molar-refractivity contribution in [1.29, 1.82) is 0 Å². The fourth-order valence-corrected chi connectivity index (χ4v) is 1.72. The maximum atomic E-state index is 12.3. The van der Waals surface area contributed by atoms with E-state index >= 15 is 0 Å². The molecule has 2 rings (SSSR count). The van der Waals surface area contributed by atoms with E-state index in [4.69, 9.17) is 11.6 Å². The minimum atomic E-state index is -2.93. The standard InChI is InChI=1S/C15H11ClF2N2O2/c16-11-6-7-13(19-9-11)20-14(21)8-5-10-3-1-2-4-12(10)22-15(17)18/h1-9,15H,(H,19,20,21)/b8-5+. The van der Waals surface area contributed by atoms with Crippen LogP contribution in [0.3, 0.4) is 0 Å². The Morgan fingerprint density at radius 2 is 2.05 bits per heavy atom. The van der Waals surface area contributed by atoms with Gasteiger partial charge in [-0.3, -0.25) is 4.79 Å². The van der Waals surface area contributed by atoms with Crippen LogP contribution in [0.4, 0.5) is 14.6 Å². The number of rotatable bonds is 5. The molecule has 1 aromatic carbocycles. The Hall–Kier alpha value is -2.47. The molecule has 0 atom stereocenters. The fourth-order valence-electron chi connectivity index (χ4n) is 1.60. The van der Waals surface area contributed by atoms with E-state index < -0.39 is 12.5 Å². The number of anilines is 1. The SMILES string of the molecule is O=C(/C=C/c1ccccc1OC(F)F)Nc1ccc(Cl)cn1. The number of ether oxygens (including phenoxy) is 1. The first-order valence-electron chi connectivity index (χ1n) is 6.19. The molecule has 1 heterocycles. The van der Waals surface area contributed by atoms with Gasteiger partial charge in [0.25, 0.3) is 0 Å². The van der Waals surface area contributed by atoms with E-state index in [0.717, 1.165) is 0 Å². The molecule has 0 bridgehead atoms. The largest absolute Gasteiger partial charge is 0.434 e. The van der Waals surface area contributed by atoms with Crippen molar-refractivity contribution < 1.29 is 18.3 Å². The Balaban J connectivity index is 2.05. The third kappa shape index (κ3) is 4.82. The number of halogens is 3. The number of benzene rings is 1. The molecule has 4 nitrogen and oxygen atoms in total. The van der Waals surface area contributed by atoms with E-state index in [1.54, 1.807) is 30.3 Å². The predicted molar refractivity (Wildman–Crippen MR) is 80.0 cm³/mol. The van der Waals surface area contributed by atoms with E-state index in [2.05, 4.69) is 15.0 Å². The van der Waals surface area contributed by atoms with Gasteiger partial charge in [-0.15, -0.1) is 0 Å². The average Bonchev–Trinajstić information content (AvgIpc) is 2.48. The van der Waals surface area contributed by atoms with Gasteiger partial charge in [0.1, 0.15) is 11.6 Å². The number of hydrogen-bond acceptors (Lipinski definition) is 3. The van der Waals surface area contributed by atoms with Crippen LogP contribution in [0.5, 0.6) is 5.75 Å². The molecule has 1 aromatic heterocycles. The maximum absolute atomic E-state index is 12.3. The summed E-state index contributed by atoms with van der Waals surface area (Å²) in [5.41, 5.74) is 0.363. The fraction of sp³-hybridized carbons (Fsp3) is 0.0667. The zero-order chi connectivity index (χ0) is 15.9. The van der Waals surface area contributed by atoms with E-state index in [1.165, 1.54) is 24.4 Å². The second kappa shape index (κ2) is 7.51. The number of alkyl halides is 2. The molecule has 1 amide bonds. The third-order valence-electron chi connectivity index (χ3n) is 2.53. The molecule has 0 spiro atoms. The van der Waals surface area contributed by atoms with Crippen LogP contribution < -0.4 is 10.1 Å². The van der Waals surface area contributed by atoms with Gasteiger partial charge in [-0.1, -0.05) is 29.8 Å². The summed E-state index contributed by atoms with van der Waals surface area (Å²) in [6.45, 7) is -2.93. The van der Waals surface area contributed by atoms with Gasteiger partial charge in [0.15, 0.2) is 0 Å². The summed E-state index contributed by atoms with van der Waals surface area (Å²) in [6.07, 6.45) is 3.97. The van der Waals surface area contributed by atoms with Crippen LogP contribution in [-0.2, 0) is 4.79 Å². The first-order valence-corrected chi connectivity index (χ1v) is 6.57. The number of carbonyl (C=O) groups is 1. The van der Waals surface area contributed by atoms with Crippen LogP contribution in [0.1, 0.15) is 5.56 Å². The summed E-state index contributed by atoms with van der Waals surface area (Å²) >= 11 is 5.68. The van der Waals surface area contributed by atoms with Gasteiger partial charge < -0.3 is 10.1 Å². The molecule has 1 N–H and O–H groups in total. The Bertz CT molecular complexity index is 675. The molecule has 0 fully saturated rings. The Kier molecular flexibility index (Phi) is 5.43. The van der Waals surface area contributed by atoms with Crippen molar-refractivity contribution in [3.8, 4) is 5.75 Å². The zero-order valence-corrected chi connectivity index (χ0v) is 11.9. The Labute approximate surface area is 130 Å². The molecule has 0 radical (unpaired) electrons. The van der Waals surface area contributed by atoms with Gasteiger partial charge in [-0.25, -0.2) is 4.98 Å². The van der Waals surface area contributed by atoms with Gasteiger partial charge in [0.2, 0.25) is 5.91 Å². The third-order valence-corrected chi connectivity index (χ3v) is 2.75. The maximum Gasteiger partial charge on any atom is 0.387 e. The monoisotopic (exact) mass is 324 g/mol. The lowest BCUT2D eigenvalue weighted by atomic mass is 10.2. The number of nitrogens with one attached hydrogen (secondary N) is 1. The van der Waals surface area contributed by atoms with Crippen molar-refractivity contribution >= 4 is 29.4 Å². The summed E-state index contributed by atoms with van der Waals surface area (Å²) in [5, 5.41) is 2.97. The van der Waals surface area contributed by atoms with E-state index in [-0.39, 0.29) is 5.75 Å². The Morgan fingerprint density at radius 3 is 2.73 bits per heavy atom. The zero-order valence-electron chi connectivity index (χ0n) is 11.2. The summed E-state index contributed by atoms with van der Waals surface area (Å²) in [6, 6.07) is 9.29. The van der Waals surface area contributed by atoms with Crippen LogP contribution >= 0.6 is 11.6 Å². The molecule has 0 unspecified atom stereocenters. The molecule has 0 aliphatic heterocycles. The summed E-state index contributed by atoms with van der Waals surface area (Å²) < 4.78 is 28.9. The van der Waals surface area contributed by atoms with E-state index in [1.807, 2.05) is 0 Å². The highest BCUT2D eigenvalue weighted by Crippen LogP contribution is 2.21. The average molecular weight is 325 g/mol. The van der Waals surface area contributed by atoms with Crippen LogP contribution in [-0.4, -0.2) is 17.5 Å². The summed E-state index contributed by atoms with van der Waals surface area (Å²) in [7, 11) is 0. The summed E-state index contributed by atoms with van der Waals surface area (Å²) in [5.74, 6) is -0.135. The first-order chi connectivity index (χ1) is 10.5. The van der Waals surface area contributed by atoms with Gasteiger partial charge in [0.05, 0.1) is 5.02 Å².